The molecule has 0 spiro atoms. The minimum Gasteiger partial charge on any atom is -0.462 e. The van der Waals surface area contributed by atoms with E-state index in [0.29, 0.717) is 18.1 Å². The number of esters is 2. The van der Waals surface area contributed by atoms with Crippen molar-refractivity contribution in [2.45, 2.75) is 85.2 Å². The maximum absolute atomic E-state index is 12.7. The summed E-state index contributed by atoms with van der Waals surface area (Å²) in [6, 6.07) is 6.75. The van der Waals surface area contributed by atoms with Crippen LogP contribution in [0.15, 0.2) is 24.3 Å². The van der Waals surface area contributed by atoms with E-state index in [2.05, 4.69) is 20.8 Å². The number of unbranched alkanes of at least 4 members (excludes halogenated alkanes) is 2. The Morgan fingerprint density at radius 1 is 0.852 bits per heavy atom. The molecule has 27 heavy (non-hydrogen) atoms. The third-order valence-electron chi connectivity index (χ3n) is 5.13. The molecule has 0 N–H and O–H groups in total. The van der Waals surface area contributed by atoms with E-state index in [0.717, 1.165) is 51.4 Å². The van der Waals surface area contributed by atoms with Gasteiger partial charge in [-0.15, -0.1) is 0 Å². The second kappa shape index (κ2) is 13.3. The molecule has 0 aromatic heterocycles. The molecule has 0 bridgehead atoms. The molecule has 0 aliphatic heterocycles. The SMILES string of the molecule is CCCCCOC(=O)c1ccccc1C(=O)OC(CC)CCC(CC)CC. The number of hydrogen-bond donors (Lipinski definition) is 0. The Morgan fingerprint density at radius 2 is 1.48 bits per heavy atom. The lowest BCUT2D eigenvalue weighted by molar-refractivity contribution is 0.0248. The highest BCUT2D eigenvalue weighted by Gasteiger charge is 2.22. The lowest BCUT2D eigenvalue weighted by Gasteiger charge is -2.20. The lowest BCUT2D eigenvalue weighted by Crippen LogP contribution is -2.21. The van der Waals surface area contributed by atoms with E-state index in [4.69, 9.17) is 9.47 Å². The summed E-state index contributed by atoms with van der Waals surface area (Å²) in [5.41, 5.74) is 0.577. The fourth-order valence-electron chi connectivity index (χ4n) is 3.11. The maximum Gasteiger partial charge on any atom is 0.339 e. The van der Waals surface area contributed by atoms with Gasteiger partial charge in [-0.2, -0.15) is 0 Å². The van der Waals surface area contributed by atoms with Crippen molar-refractivity contribution in [2.24, 2.45) is 5.92 Å². The molecular weight excluding hydrogens is 340 g/mol. The van der Waals surface area contributed by atoms with Crippen LogP contribution in [0.1, 0.15) is 99.8 Å². The third-order valence-corrected chi connectivity index (χ3v) is 5.13. The summed E-state index contributed by atoms with van der Waals surface area (Å²) < 4.78 is 11.0. The molecule has 0 heterocycles. The van der Waals surface area contributed by atoms with Crippen molar-refractivity contribution in [3.05, 3.63) is 35.4 Å². The summed E-state index contributed by atoms with van der Waals surface area (Å²) in [7, 11) is 0. The zero-order valence-electron chi connectivity index (χ0n) is 17.5. The second-order valence-electron chi connectivity index (χ2n) is 7.08. The molecule has 1 aromatic carbocycles. The van der Waals surface area contributed by atoms with Gasteiger partial charge in [0.2, 0.25) is 0 Å². The van der Waals surface area contributed by atoms with Crippen LogP contribution in [0.5, 0.6) is 0 Å². The van der Waals surface area contributed by atoms with Gasteiger partial charge in [-0.3, -0.25) is 0 Å². The van der Waals surface area contributed by atoms with Gasteiger partial charge in [-0.05, 0) is 43.7 Å². The van der Waals surface area contributed by atoms with E-state index < -0.39 is 11.9 Å². The molecule has 1 rings (SSSR count). The van der Waals surface area contributed by atoms with Crippen LogP contribution in [0.25, 0.3) is 0 Å². The van der Waals surface area contributed by atoms with Gasteiger partial charge in [-0.25, -0.2) is 9.59 Å². The standard InChI is InChI=1S/C23H36O4/c1-5-9-12-17-26-22(24)20-13-10-11-14-21(20)23(25)27-19(8-4)16-15-18(6-2)7-3/h10-11,13-14,18-19H,5-9,12,15-17H2,1-4H3. The van der Waals surface area contributed by atoms with Crippen LogP contribution in [0, 0.1) is 5.92 Å². The van der Waals surface area contributed by atoms with Crippen molar-refractivity contribution < 1.29 is 19.1 Å². The van der Waals surface area contributed by atoms with Crippen LogP contribution < -0.4 is 0 Å². The van der Waals surface area contributed by atoms with Crippen LogP contribution in [0.3, 0.4) is 0 Å². The first-order valence-electron chi connectivity index (χ1n) is 10.5. The predicted molar refractivity (Wildman–Crippen MR) is 109 cm³/mol. The average Bonchev–Trinajstić information content (AvgIpc) is 2.70. The van der Waals surface area contributed by atoms with E-state index in [9.17, 15) is 9.59 Å². The largest absolute Gasteiger partial charge is 0.462 e. The Balaban J connectivity index is 2.71. The van der Waals surface area contributed by atoms with Gasteiger partial charge in [0.1, 0.15) is 6.10 Å². The van der Waals surface area contributed by atoms with Crippen LogP contribution in [-0.2, 0) is 9.47 Å². The van der Waals surface area contributed by atoms with Crippen molar-refractivity contribution in [3.63, 3.8) is 0 Å². The van der Waals surface area contributed by atoms with E-state index >= 15 is 0 Å². The Kier molecular flexibility index (Phi) is 11.5. The molecule has 0 fully saturated rings. The summed E-state index contributed by atoms with van der Waals surface area (Å²) in [4.78, 5) is 25.0. The fraction of sp³-hybridized carbons (Fsp3) is 0.652. The fourth-order valence-corrected chi connectivity index (χ4v) is 3.11. The van der Waals surface area contributed by atoms with Gasteiger partial charge >= 0.3 is 11.9 Å². The minimum atomic E-state index is -0.455. The van der Waals surface area contributed by atoms with Crippen LogP contribution in [0.2, 0.25) is 0 Å². The minimum absolute atomic E-state index is 0.119. The van der Waals surface area contributed by atoms with Gasteiger partial charge < -0.3 is 9.47 Å². The molecule has 0 aliphatic carbocycles. The Bertz CT molecular complexity index is 563. The van der Waals surface area contributed by atoms with Crippen molar-refractivity contribution in [3.8, 4) is 0 Å². The number of hydrogen-bond acceptors (Lipinski definition) is 4. The van der Waals surface area contributed by atoms with Gasteiger partial charge in [-0.1, -0.05) is 65.5 Å². The number of benzene rings is 1. The zero-order chi connectivity index (χ0) is 20.1. The van der Waals surface area contributed by atoms with Crippen LogP contribution >= 0.6 is 0 Å². The first-order valence-corrected chi connectivity index (χ1v) is 10.5. The molecule has 1 aromatic rings. The number of carbonyl (C=O) groups is 2. The molecule has 4 heteroatoms. The van der Waals surface area contributed by atoms with Gasteiger partial charge in [0.15, 0.2) is 0 Å². The summed E-state index contributed by atoms with van der Waals surface area (Å²) in [6.07, 6.45) is 7.78. The Labute approximate surface area is 164 Å². The van der Waals surface area contributed by atoms with Crippen molar-refractivity contribution in [1.29, 1.82) is 0 Å². The molecular formula is C23H36O4. The highest BCUT2D eigenvalue weighted by Crippen LogP contribution is 2.20. The van der Waals surface area contributed by atoms with Crippen molar-refractivity contribution in [2.75, 3.05) is 6.61 Å². The normalized spacial score (nSPS) is 12.0. The molecule has 0 amide bonds. The molecule has 0 aliphatic rings. The Hall–Kier alpha value is -1.84. The van der Waals surface area contributed by atoms with Crippen LogP contribution in [-0.4, -0.2) is 24.6 Å². The maximum atomic E-state index is 12.7. The molecule has 1 atom stereocenters. The number of ether oxygens (including phenoxy) is 2. The molecule has 4 nitrogen and oxygen atoms in total. The second-order valence-corrected chi connectivity index (χ2v) is 7.08. The molecule has 0 saturated carbocycles. The van der Waals surface area contributed by atoms with E-state index in [-0.39, 0.29) is 11.7 Å². The van der Waals surface area contributed by atoms with Gasteiger partial charge in [0.05, 0.1) is 17.7 Å². The van der Waals surface area contributed by atoms with E-state index in [1.54, 1.807) is 24.3 Å². The smallest absolute Gasteiger partial charge is 0.339 e. The molecule has 152 valence electrons. The first-order chi connectivity index (χ1) is 13.1. The van der Waals surface area contributed by atoms with Gasteiger partial charge in [0, 0.05) is 0 Å². The summed E-state index contributed by atoms with van der Waals surface area (Å²) in [5.74, 6) is -0.223. The number of rotatable bonds is 13. The Morgan fingerprint density at radius 3 is 2.04 bits per heavy atom. The van der Waals surface area contributed by atoms with Crippen molar-refractivity contribution >= 4 is 11.9 Å². The van der Waals surface area contributed by atoms with Gasteiger partial charge in [0.25, 0.3) is 0 Å². The van der Waals surface area contributed by atoms with E-state index in [1.807, 2.05) is 6.92 Å². The summed E-state index contributed by atoms with van der Waals surface area (Å²) >= 11 is 0. The van der Waals surface area contributed by atoms with Crippen LogP contribution in [0.4, 0.5) is 0 Å². The average molecular weight is 377 g/mol. The quantitative estimate of drug-likeness (QED) is 0.304. The summed E-state index contributed by atoms with van der Waals surface area (Å²) in [6.45, 7) is 8.90. The first kappa shape index (κ1) is 23.2. The summed E-state index contributed by atoms with van der Waals surface area (Å²) in [5, 5.41) is 0. The molecule has 0 radical (unpaired) electrons. The molecule has 1 unspecified atom stereocenters. The lowest BCUT2D eigenvalue weighted by atomic mass is 9.95. The number of carbonyl (C=O) groups excluding carboxylic acids is 2. The van der Waals surface area contributed by atoms with Crippen molar-refractivity contribution in [1.82, 2.24) is 0 Å². The highest BCUT2D eigenvalue weighted by atomic mass is 16.5. The predicted octanol–water partition coefficient (Wildman–Crippen LogP) is 6.19. The zero-order valence-corrected chi connectivity index (χ0v) is 17.5. The monoisotopic (exact) mass is 376 g/mol. The highest BCUT2D eigenvalue weighted by molar-refractivity contribution is 6.03. The third kappa shape index (κ3) is 8.15. The molecule has 0 saturated heterocycles. The topological polar surface area (TPSA) is 52.6 Å². The van der Waals surface area contributed by atoms with E-state index in [1.165, 1.54) is 0 Å².